The van der Waals surface area contributed by atoms with Crippen LogP contribution in [-0.4, -0.2) is 38.0 Å². The van der Waals surface area contributed by atoms with Crippen molar-refractivity contribution in [1.29, 1.82) is 0 Å². The Morgan fingerprint density at radius 1 is 1.11 bits per heavy atom. The van der Waals surface area contributed by atoms with Gasteiger partial charge in [0.2, 0.25) is 0 Å². The molecule has 0 spiro atoms. The van der Waals surface area contributed by atoms with Gasteiger partial charge in [0.15, 0.2) is 0 Å². The van der Waals surface area contributed by atoms with Gasteiger partial charge in [-0.25, -0.2) is 0 Å². The molecule has 0 aromatic rings. The molecule has 0 radical (unpaired) electrons. The molecule has 3 heteroatoms. The fourth-order valence-electron chi connectivity index (χ4n) is 3.63. The summed E-state index contributed by atoms with van der Waals surface area (Å²) in [6.45, 7) is 7.60. The van der Waals surface area contributed by atoms with Gasteiger partial charge in [0, 0.05) is 25.8 Å². The molecular formula is C15H29NO2. The third-order valence-corrected chi connectivity index (χ3v) is 4.76. The van der Waals surface area contributed by atoms with Crippen LogP contribution in [0, 0.1) is 11.8 Å². The molecule has 6 atom stereocenters. The van der Waals surface area contributed by atoms with Crippen molar-refractivity contribution in [2.75, 3.05) is 13.7 Å². The van der Waals surface area contributed by atoms with E-state index in [0.717, 1.165) is 24.9 Å². The van der Waals surface area contributed by atoms with Crippen molar-refractivity contribution in [3.8, 4) is 0 Å². The Bertz CT molecular complexity index is 259. The van der Waals surface area contributed by atoms with Gasteiger partial charge in [-0.2, -0.15) is 0 Å². The van der Waals surface area contributed by atoms with Gasteiger partial charge in [0.25, 0.3) is 0 Å². The first-order valence-corrected chi connectivity index (χ1v) is 7.56. The van der Waals surface area contributed by atoms with Crippen molar-refractivity contribution in [1.82, 2.24) is 5.32 Å². The summed E-state index contributed by atoms with van der Waals surface area (Å²) >= 11 is 0. The molecule has 1 N–H and O–H groups in total. The Morgan fingerprint density at radius 3 is 2.50 bits per heavy atom. The molecule has 106 valence electrons. The third-order valence-electron chi connectivity index (χ3n) is 4.76. The Kier molecular flexibility index (Phi) is 5.05. The molecule has 2 saturated carbocycles. The smallest absolute Gasteiger partial charge is 0.0986 e. The van der Waals surface area contributed by atoms with Crippen LogP contribution in [0.25, 0.3) is 0 Å². The maximum atomic E-state index is 5.68. The van der Waals surface area contributed by atoms with Gasteiger partial charge in [0.05, 0.1) is 12.2 Å². The molecule has 18 heavy (non-hydrogen) atoms. The maximum Gasteiger partial charge on any atom is 0.0986 e. The topological polar surface area (TPSA) is 30.5 Å². The average Bonchev–Trinajstić information content (AvgIpc) is 2.31. The van der Waals surface area contributed by atoms with E-state index in [1.165, 1.54) is 19.3 Å². The molecule has 2 fully saturated rings. The molecule has 0 amide bonds. The van der Waals surface area contributed by atoms with Gasteiger partial charge in [0.1, 0.15) is 0 Å². The molecule has 2 aliphatic carbocycles. The fraction of sp³-hybridized carbons (Fsp3) is 1.00. The molecule has 3 nitrogen and oxygen atoms in total. The second-order valence-electron chi connectivity index (χ2n) is 6.20. The molecule has 0 aromatic carbocycles. The predicted octanol–water partition coefficient (Wildman–Crippen LogP) is 2.59. The molecule has 0 heterocycles. The largest absolute Gasteiger partial charge is 0.377 e. The van der Waals surface area contributed by atoms with Crippen molar-refractivity contribution in [3.63, 3.8) is 0 Å². The highest BCUT2D eigenvalue weighted by atomic mass is 16.5. The Balaban J connectivity index is 1.80. The lowest BCUT2D eigenvalue weighted by Crippen LogP contribution is -2.62. The molecule has 2 rings (SSSR count). The van der Waals surface area contributed by atoms with Crippen molar-refractivity contribution < 1.29 is 9.47 Å². The van der Waals surface area contributed by atoms with Crippen LogP contribution in [0.2, 0.25) is 0 Å². The van der Waals surface area contributed by atoms with Gasteiger partial charge in [-0.05, 0) is 44.4 Å². The molecular weight excluding hydrogens is 226 g/mol. The van der Waals surface area contributed by atoms with Crippen LogP contribution in [0.4, 0.5) is 0 Å². The summed E-state index contributed by atoms with van der Waals surface area (Å²) in [5.74, 6) is 1.69. The van der Waals surface area contributed by atoms with Crippen molar-refractivity contribution in [2.45, 2.75) is 70.7 Å². The Morgan fingerprint density at radius 2 is 1.89 bits per heavy atom. The van der Waals surface area contributed by atoms with Gasteiger partial charge < -0.3 is 14.8 Å². The van der Waals surface area contributed by atoms with E-state index in [0.29, 0.717) is 18.2 Å². The highest BCUT2D eigenvalue weighted by Crippen LogP contribution is 2.32. The molecule has 0 aromatic heterocycles. The summed E-state index contributed by atoms with van der Waals surface area (Å²) in [7, 11) is 1.80. The molecule has 0 bridgehead atoms. The van der Waals surface area contributed by atoms with E-state index in [1.807, 2.05) is 0 Å². The maximum absolute atomic E-state index is 5.68. The highest BCUT2D eigenvalue weighted by Gasteiger charge is 2.43. The van der Waals surface area contributed by atoms with Crippen LogP contribution < -0.4 is 5.32 Å². The van der Waals surface area contributed by atoms with Crippen LogP contribution in [0.3, 0.4) is 0 Å². The van der Waals surface area contributed by atoms with E-state index in [1.54, 1.807) is 7.11 Å². The molecule has 0 saturated heterocycles. The van der Waals surface area contributed by atoms with E-state index >= 15 is 0 Å². The van der Waals surface area contributed by atoms with E-state index in [9.17, 15) is 0 Å². The van der Waals surface area contributed by atoms with Crippen LogP contribution in [0.1, 0.15) is 46.5 Å². The summed E-state index contributed by atoms with van der Waals surface area (Å²) in [6, 6.07) is 1.17. The summed E-state index contributed by atoms with van der Waals surface area (Å²) in [4.78, 5) is 0. The first-order valence-electron chi connectivity index (χ1n) is 7.56. The summed E-state index contributed by atoms with van der Waals surface area (Å²) in [5, 5.41) is 3.81. The quantitative estimate of drug-likeness (QED) is 0.819. The highest BCUT2D eigenvalue weighted by molar-refractivity contribution is 4.99. The van der Waals surface area contributed by atoms with Gasteiger partial charge >= 0.3 is 0 Å². The molecule has 0 aliphatic heterocycles. The minimum Gasteiger partial charge on any atom is -0.377 e. The minimum atomic E-state index is 0.247. The summed E-state index contributed by atoms with van der Waals surface area (Å²) < 4.78 is 11.3. The van der Waals surface area contributed by atoms with Crippen molar-refractivity contribution in [3.05, 3.63) is 0 Å². The Hall–Kier alpha value is -0.120. The number of nitrogens with one attached hydrogen (secondary N) is 1. The normalized spacial score (nSPS) is 44.7. The van der Waals surface area contributed by atoms with Crippen molar-refractivity contribution >= 4 is 0 Å². The van der Waals surface area contributed by atoms with Crippen molar-refractivity contribution in [2.24, 2.45) is 11.8 Å². The third kappa shape index (κ3) is 3.06. The van der Waals surface area contributed by atoms with E-state index < -0.39 is 0 Å². The van der Waals surface area contributed by atoms with E-state index in [4.69, 9.17) is 9.47 Å². The summed E-state index contributed by atoms with van der Waals surface area (Å²) in [5.41, 5.74) is 0. The second kappa shape index (κ2) is 6.36. The second-order valence-corrected chi connectivity index (χ2v) is 6.20. The zero-order valence-corrected chi connectivity index (χ0v) is 12.3. The first-order chi connectivity index (χ1) is 8.65. The van der Waals surface area contributed by atoms with E-state index in [2.05, 4.69) is 26.1 Å². The number of methoxy groups -OCH3 is 1. The number of hydrogen-bond donors (Lipinski definition) is 1. The zero-order valence-electron chi connectivity index (χ0n) is 12.3. The van der Waals surface area contributed by atoms with Gasteiger partial charge in [-0.15, -0.1) is 0 Å². The molecule has 6 unspecified atom stereocenters. The van der Waals surface area contributed by atoms with E-state index in [-0.39, 0.29) is 6.10 Å². The van der Waals surface area contributed by atoms with Gasteiger partial charge in [-0.1, -0.05) is 13.8 Å². The lowest BCUT2D eigenvalue weighted by Gasteiger charge is -2.47. The monoisotopic (exact) mass is 255 g/mol. The van der Waals surface area contributed by atoms with Crippen LogP contribution >= 0.6 is 0 Å². The lowest BCUT2D eigenvalue weighted by atomic mass is 9.77. The van der Waals surface area contributed by atoms with Gasteiger partial charge in [-0.3, -0.25) is 0 Å². The number of hydrogen-bond acceptors (Lipinski definition) is 3. The predicted molar refractivity (Wildman–Crippen MR) is 73.7 cm³/mol. The standard InChI is InChI=1S/C15H29NO2/c1-5-18-14-9-13(15(14)17-4)16-12-7-6-10(2)8-11(12)3/h10-16H,5-9H2,1-4H3. The SMILES string of the molecule is CCOC1CC(NC2CCC(C)CC2C)C1OC. The van der Waals surface area contributed by atoms with Crippen LogP contribution in [0.5, 0.6) is 0 Å². The lowest BCUT2D eigenvalue weighted by molar-refractivity contribution is -0.134. The minimum absolute atomic E-state index is 0.247. The molecule has 2 aliphatic rings. The zero-order chi connectivity index (χ0) is 13.1. The average molecular weight is 255 g/mol. The fourth-order valence-corrected chi connectivity index (χ4v) is 3.63. The first kappa shape index (κ1) is 14.3. The number of ether oxygens (including phenoxy) is 2. The van der Waals surface area contributed by atoms with Crippen LogP contribution in [-0.2, 0) is 9.47 Å². The number of rotatable bonds is 5. The Labute approximate surface area is 112 Å². The van der Waals surface area contributed by atoms with Crippen LogP contribution in [0.15, 0.2) is 0 Å². The summed E-state index contributed by atoms with van der Waals surface area (Å²) in [6.07, 6.45) is 5.68.